The summed E-state index contributed by atoms with van der Waals surface area (Å²) in [7, 11) is -11.1. The number of unbranched alkanes of at least 4 members (excludes halogenated alkanes) is 2. The van der Waals surface area contributed by atoms with E-state index in [0.29, 0.717) is 82.6 Å². The zero-order valence-corrected chi connectivity index (χ0v) is 65.7. The summed E-state index contributed by atoms with van der Waals surface area (Å²) in [6, 6.07) is 31.0. The van der Waals surface area contributed by atoms with Crippen LogP contribution in [0.3, 0.4) is 0 Å². The van der Waals surface area contributed by atoms with Crippen LogP contribution in [-0.2, 0) is 39.0 Å². The summed E-state index contributed by atoms with van der Waals surface area (Å²) in [5, 5.41) is 20.5. The molecular formula is C79H98ClF3N10O10S4. The van der Waals surface area contributed by atoms with Gasteiger partial charge in [-0.15, -0.1) is 23.1 Å². The van der Waals surface area contributed by atoms with Crippen molar-refractivity contribution in [3.8, 4) is 10.4 Å². The Balaban J connectivity index is 0.643. The number of carbonyl (C=O) groups is 5. The maximum atomic E-state index is 14.6. The van der Waals surface area contributed by atoms with Gasteiger partial charge >= 0.3 is 5.51 Å². The van der Waals surface area contributed by atoms with E-state index >= 15 is 0 Å². The Kier molecular flexibility index (Phi) is 25.8. The number of rotatable bonds is 28. The van der Waals surface area contributed by atoms with E-state index < -0.39 is 94.3 Å². The van der Waals surface area contributed by atoms with E-state index in [0.717, 1.165) is 83.3 Å². The number of likely N-dealkylation sites (tertiary alicyclic amines) is 3. The lowest BCUT2D eigenvalue weighted by molar-refractivity contribution is -0.144. The number of benzene rings is 5. The van der Waals surface area contributed by atoms with Crippen LogP contribution < -0.4 is 25.6 Å². The number of hydrogen-bond acceptors (Lipinski definition) is 17. The van der Waals surface area contributed by atoms with Gasteiger partial charge in [-0.25, -0.2) is 26.5 Å². The molecule has 0 saturated carbocycles. The molecule has 5 N–H and O–H groups in total. The maximum absolute atomic E-state index is 14.6. The van der Waals surface area contributed by atoms with E-state index in [-0.39, 0.29) is 66.2 Å². The molecule has 28 heteroatoms. The van der Waals surface area contributed by atoms with Crippen LogP contribution in [0.5, 0.6) is 0 Å². The summed E-state index contributed by atoms with van der Waals surface area (Å²) in [6.07, 6.45) is 4.55. The van der Waals surface area contributed by atoms with Gasteiger partial charge in [0.05, 0.1) is 38.8 Å². The summed E-state index contributed by atoms with van der Waals surface area (Å²) in [6.45, 7) is 20.6. The second kappa shape index (κ2) is 34.3. The quantitative estimate of drug-likeness (QED) is 0.0226. The molecule has 0 radical (unpaired) electrons. The van der Waals surface area contributed by atoms with Gasteiger partial charge in [-0.1, -0.05) is 113 Å². The summed E-state index contributed by atoms with van der Waals surface area (Å²) >= 11 is 9.20. The minimum Gasteiger partial charge on any atom is -0.391 e. The molecule has 4 aliphatic heterocycles. The van der Waals surface area contributed by atoms with Crippen molar-refractivity contribution >= 4 is 101 Å². The molecule has 7 atom stereocenters. The summed E-state index contributed by atoms with van der Waals surface area (Å²) in [5.74, 6) is -1.64. The fourth-order valence-electron chi connectivity index (χ4n) is 15.3. The zero-order valence-electron chi connectivity index (χ0n) is 61.7. The number of sulfone groups is 1. The van der Waals surface area contributed by atoms with Crippen LogP contribution in [0.1, 0.15) is 139 Å². The summed E-state index contributed by atoms with van der Waals surface area (Å²) < 4.78 is 101. The number of carbonyl (C=O) groups excluding carboxylic acids is 5. The molecule has 0 unspecified atom stereocenters. The van der Waals surface area contributed by atoms with Gasteiger partial charge in [0.2, 0.25) is 23.6 Å². The highest BCUT2D eigenvalue weighted by molar-refractivity contribution is 7.99. The Labute approximate surface area is 640 Å². The third-order valence-corrected chi connectivity index (χ3v) is 26.6. The van der Waals surface area contributed by atoms with Crippen LogP contribution in [0.25, 0.3) is 16.0 Å². The van der Waals surface area contributed by atoms with E-state index in [1.807, 2.05) is 111 Å². The fourth-order valence-corrected chi connectivity index (χ4v) is 19.2. The lowest BCUT2D eigenvalue weighted by atomic mass is 9.73. The van der Waals surface area contributed by atoms with Crippen LogP contribution >= 0.6 is 34.7 Å². The number of aryl methyl sites for hydroxylation is 1. The molecule has 4 fully saturated rings. The molecule has 576 valence electrons. The number of fused-ring (bicyclic) bond motifs is 1. The van der Waals surface area contributed by atoms with Gasteiger partial charge in [0.15, 0.2) is 0 Å². The molecule has 107 heavy (non-hydrogen) atoms. The molecule has 5 amide bonds. The number of aromatic nitrogens is 1. The summed E-state index contributed by atoms with van der Waals surface area (Å²) in [5.41, 5.74) is 2.59. The maximum Gasteiger partial charge on any atom is 0.501 e. The third kappa shape index (κ3) is 20.4. The van der Waals surface area contributed by atoms with E-state index in [9.17, 15) is 59.1 Å². The van der Waals surface area contributed by atoms with E-state index in [4.69, 9.17) is 11.6 Å². The Morgan fingerprint density at radius 2 is 1.45 bits per heavy atom. The predicted octanol–water partition coefficient (Wildman–Crippen LogP) is 12.6. The van der Waals surface area contributed by atoms with Crippen LogP contribution in [0, 0.1) is 29.6 Å². The summed E-state index contributed by atoms with van der Waals surface area (Å²) in [4.78, 5) is 83.1. The van der Waals surface area contributed by atoms with Crippen LogP contribution in [-0.4, -0.2) is 184 Å². The molecule has 5 aromatic carbocycles. The van der Waals surface area contributed by atoms with Crippen LogP contribution in [0.4, 0.5) is 24.5 Å². The Hall–Kier alpha value is -7.37. The third-order valence-electron chi connectivity index (χ3n) is 21.3. The van der Waals surface area contributed by atoms with Crippen molar-refractivity contribution in [1.29, 1.82) is 0 Å². The number of halogens is 4. The molecular weight excluding hydrogens is 1470 g/mol. The largest absolute Gasteiger partial charge is 0.501 e. The number of sulfonamides is 1. The van der Waals surface area contributed by atoms with Crippen LogP contribution in [0.15, 0.2) is 147 Å². The number of allylic oxidation sites excluding steroid dienone is 1. The van der Waals surface area contributed by atoms with Crippen molar-refractivity contribution < 1.29 is 59.1 Å². The van der Waals surface area contributed by atoms with Gasteiger partial charge < -0.3 is 40.7 Å². The average molecular weight is 1570 g/mol. The molecule has 11 rings (SSSR count). The standard InChI is InChI=1S/C79H98ClF3N10O10S4/c1-51(53-18-20-55(21-19-53)72-52(2)84-50-105-72)85-75(98)68-40-63(94)48-93(68)76(99)73(77(3,4)5)87-70(95)16-12-9-13-17-71(96)92-46-58-44-90(45-59(58)47-92)35-33-61(49-104-64-14-10-8-11-15-64)86-67-31-30-65(41-69(67)106(100,101)79(81,82)83)107(102,103)88-74(97)56-24-28-62(29-25-56)91-38-36-89(37-39-91)43-57-42-78(6,7)34-32-66(57)54-22-26-60(80)27-23-54/h8,10-11,14-15,18-31,41,50-51,58-59,61,63,68,73,86,94H,9,12-13,16-17,32-40,42-49H2,1-7H3,(H,85,98)(H,87,95)(H,88,97)/t51-,58-,59+,61+,63+,68-,73+/m0/s1. The fraction of sp³-hybridized carbons (Fsp3) is 0.494. The van der Waals surface area contributed by atoms with Crippen molar-refractivity contribution in [2.24, 2.45) is 22.7 Å². The molecule has 1 aromatic heterocycles. The number of hydrogen-bond donors (Lipinski definition) is 5. The number of aliphatic hydroxyl groups is 1. The monoisotopic (exact) mass is 1570 g/mol. The van der Waals surface area contributed by atoms with Gasteiger partial charge in [-0.3, -0.25) is 28.9 Å². The number of β-amino-alcohol motifs (C(OH)–C–C–N with tert-alkyl or cyclic N) is 1. The zero-order chi connectivity index (χ0) is 76.8. The molecule has 0 spiro atoms. The van der Waals surface area contributed by atoms with E-state index in [1.54, 1.807) is 29.0 Å². The van der Waals surface area contributed by atoms with Crippen molar-refractivity contribution in [1.82, 2.24) is 39.9 Å². The highest BCUT2D eigenvalue weighted by Crippen LogP contribution is 2.44. The first-order valence-electron chi connectivity index (χ1n) is 36.8. The van der Waals surface area contributed by atoms with E-state index in [2.05, 4.69) is 61.6 Å². The number of thioether (sulfide) groups is 1. The topological polar surface area (TPSA) is 251 Å². The van der Waals surface area contributed by atoms with Crippen molar-refractivity contribution in [3.63, 3.8) is 0 Å². The Bertz CT molecular complexity index is 4410. The van der Waals surface area contributed by atoms with Crippen LogP contribution in [0.2, 0.25) is 5.02 Å². The number of nitrogens with one attached hydrogen (secondary N) is 4. The molecule has 5 aliphatic rings. The molecule has 4 saturated heterocycles. The number of piperazine rings is 1. The second-order valence-electron chi connectivity index (χ2n) is 31.1. The smallest absolute Gasteiger partial charge is 0.391 e. The first kappa shape index (κ1) is 80.6. The number of aliphatic hydroxyl groups excluding tert-OH is 1. The van der Waals surface area contributed by atoms with Gasteiger partial charge in [0.1, 0.15) is 17.0 Å². The highest BCUT2D eigenvalue weighted by Gasteiger charge is 2.50. The number of alkyl halides is 3. The van der Waals surface area contributed by atoms with Gasteiger partial charge in [0.25, 0.3) is 25.8 Å². The number of anilines is 2. The number of amides is 5. The van der Waals surface area contributed by atoms with Gasteiger partial charge in [0, 0.05) is 124 Å². The molecule has 20 nitrogen and oxygen atoms in total. The molecule has 1 aliphatic carbocycles. The van der Waals surface area contributed by atoms with E-state index in [1.165, 1.54) is 45.5 Å². The normalized spacial score (nSPS) is 20.4. The first-order chi connectivity index (χ1) is 50.7. The molecule has 5 heterocycles. The molecule has 0 bridgehead atoms. The van der Waals surface area contributed by atoms with Gasteiger partial charge in [-0.05, 0) is 164 Å². The Morgan fingerprint density at radius 1 is 0.785 bits per heavy atom. The van der Waals surface area contributed by atoms with Gasteiger partial charge in [-0.2, -0.15) is 13.2 Å². The SMILES string of the molecule is Cc1ncsc1-c1ccc([C@H](C)NC(=O)[C@@H]2C[C@@H](O)CN2C(=O)[C@@H](NC(=O)CCCCCC(=O)N2C[C@H]3CN(CC[C@H](CSc4ccccc4)Nc4ccc(S(=O)(=O)NC(=O)c5ccc(N6CCN(CC7=C(c8ccc(Cl)cc8)CCC(C)(C)C7)CC6)cc5)cc4S(=O)(=O)C(F)(F)F)C[C@H]3C2)C(C)(C)C)cc1. The van der Waals surface area contributed by atoms with Crippen molar-refractivity contribution in [3.05, 3.63) is 160 Å². The van der Waals surface area contributed by atoms with Crippen molar-refractivity contribution in [2.75, 3.05) is 88.0 Å². The highest BCUT2D eigenvalue weighted by atomic mass is 35.5. The lowest BCUT2D eigenvalue weighted by Gasteiger charge is -2.39. The second-order valence-corrected chi connectivity index (χ2v) is 37.0. The number of nitrogens with zero attached hydrogens (tertiary/aromatic N) is 6. The van der Waals surface area contributed by atoms with Crippen molar-refractivity contribution in [2.45, 2.75) is 163 Å². The minimum atomic E-state index is -6.17. The first-order valence-corrected chi connectivity index (χ1v) is 42.0. The molecule has 6 aromatic rings. The number of thiazole rings is 1. The predicted molar refractivity (Wildman–Crippen MR) is 414 cm³/mol. The lowest BCUT2D eigenvalue weighted by Crippen LogP contribution is -2.57. The average Bonchev–Trinajstić information content (AvgIpc) is 1.71. The minimum absolute atomic E-state index is 0.00570. The Morgan fingerprint density at radius 3 is 2.09 bits per heavy atom.